The van der Waals surface area contributed by atoms with Gasteiger partial charge < -0.3 is 19.1 Å². The fraction of sp³-hybridized carbons (Fsp3) is 0.143. The second kappa shape index (κ2) is 9.10. The molecule has 3 aliphatic rings. The number of rotatable bonds is 1. The Labute approximate surface area is 218 Å². The average Bonchev–Trinajstić information content (AvgIpc) is 2.91. The molecule has 0 radical (unpaired) electrons. The van der Waals surface area contributed by atoms with E-state index >= 15 is 0 Å². The molecule has 0 aromatic heterocycles. The molecule has 0 spiro atoms. The summed E-state index contributed by atoms with van der Waals surface area (Å²) in [7, 11) is 0. The van der Waals surface area contributed by atoms with Gasteiger partial charge in [0.2, 0.25) is 0 Å². The number of carbonyl (C=O) groups is 4. The zero-order chi connectivity index (χ0) is 25.7. The molecule has 0 aliphatic carbocycles. The van der Waals surface area contributed by atoms with E-state index in [1.165, 1.54) is 0 Å². The second-order valence-corrected chi connectivity index (χ2v) is 9.49. The predicted molar refractivity (Wildman–Crippen MR) is 138 cm³/mol. The summed E-state index contributed by atoms with van der Waals surface area (Å²) in [6, 6.07) is 17.8. The number of ether oxygens (including phenoxy) is 3. The Hall–Kier alpha value is -4.08. The number of halogens is 1. The van der Waals surface area contributed by atoms with Crippen LogP contribution < -0.4 is 4.90 Å². The van der Waals surface area contributed by atoms with Crippen LogP contribution in [0, 0.1) is 0 Å². The van der Waals surface area contributed by atoms with Gasteiger partial charge in [0.15, 0.2) is 0 Å². The molecule has 37 heavy (non-hydrogen) atoms. The highest BCUT2D eigenvalue weighted by Gasteiger charge is 2.29. The lowest BCUT2D eigenvalue weighted by atomic mass is 9.95. The van der Waals surface area contributed by atoms with E-state index < -0.39 is 23.9 Å². The van der Waals surface area contributed by atoms with Crippen LogP contribution in [0.15, 0.2) is 65.1 Å². The number of anilines is 1. The zero-order valence-electron chi connectivity index (χ0n) is 19.3. The highest BCUT2D eigenvalue weighted by atomic mass is 79.9. The maximum absolute atomic E-state index is 11.9. The number of benzene rings is 4. The van der Waals surface area contributed by atoms with E-state index in [4.69, 9.17) is 9.47 Å². The van der Waals surface area contributed by atoms with E-state index in [2.05, 4.69) is 25.6 Å². The number of esters is 4. The molecule has 0 amide bonds. The predicted octanol–water partition coefficient (Wildman–Crippen LogP) is 4.90. The number of nitrogens with zero attached hydrogens (tertiary/aromatic N) is 1. The lowest BCUT2D eigenvalue weighted by molar-refractivity contribution is 0.0373. The van der Waals surface area contributed by atoms with Crippen molar-refractivity contribution in [3.05, 3.63) is 87.4 Å². The SMILES string of the molecule is O=C1OC(=O)c2ccc(Br)c3cccc1c23.O=C1OC(=O)c2ccc(N3CCOCC3)c3cccc1c23. The Kier molecular flexibility index (Phi) is 5.73. The first-order chi connectivity index (χ1) is 17.9. The fourth-order valence-corrected chi connectivity index (χ4v) is 5.37. The fourth-order valence-electron chi connectivity index (χ4n) is 4.91. The maximum Gasteiger partial charge on any atom is 0.346 e. The van der Waals surface area contributed by atoms with E-state index in [1.807, 2.05) is 24.3 Å². The summed E-state index contributed by atoms with van der Waals surface area (Å²) in [5.74, 6) is -2.31. The summed E-state index contributed by atoms with van der Waals surface area (Å²) < 4.78 is 15.7. The van der Waals surface area contributed by atoms with Crippen LogP contribution in [0.4, 0.5) is 5.69 Å². The van der Waals surface area contributed by atoms with Gasteiger partial charge in [-0.3, -0.25) is 0 Å². The minimum absolute atomic E-state index is 0.438. The van der Waals surface area contributed by atoms with Gasteiger partial charge in [0.25, 0.3) is 0 Å². The van der Waals surface area contributed by atoms with E-state index in [0.717, 1.165) is 34.0 Å². The van der Waals surface area contributed by atoms with Gasteiger partial charge in [-0.25, -0.2) is 19.2 Å². The van der Waals surface area contributed by atoms with Gasteiger partial charge >= 0.3 is 23.9 Å². The standard InChI is InChI=1S/C16H13NO4.C12H5BrO3/c18-15-11-3-1-2-10-13(17-6-8-20-9-7-17)5-4-12(14(10)11)16(19)21-15;13-9-5-4-8-10-6(9)2-1-3-7(10)11(14)16-12(8)15/h1-5H,6-9H2;1-5H. The molecule has 7 rings (SSSR count). The van der Waals surface area contributed by atoms with E-state index in [0.29, 0.717) is 46.2 Å². The van der Waals surface area contributed by atoms with Gasteiger partial charge in [0, 0.05) is 39.4 Å². The zero-order valence-corrected chi connectivity index (χ0v) is 20.9. The molecular weight excluding hydrogens is 542 g/mol. The van der Waals surface area contributed by atoms with Gasteiger partial charge in [0.1, 0.15) is 0 Å². The second-order valence-electron chi connectivity index (χ2n) is 8.64. The number of carbonyl (C=O) groups excluding carboxylic acids is 4. The molecule has 1 saturated heterocycles. The van der Waals surface area contributed by atoms with Crippen LogP contribution in [0.5, 0.6) is 0 Å². The summed E-state index contributed by atoms with van der Waals surface area (Å²) in [6.45, 7) is 2.97. The van der Waals surface area contributed by atoms with Crippen LogP contribution >= 0.6 is 15.9 Å². The molecule has 0 atom stereocenters. The number of morpholine rings is 1. The topological polar surface area (TPSA) is 99.2 Å². The van der Waals surface area contributed by atoms with Crippen LogP contribution in [0.25, 0.3) is 21.5 Å². The largest absolute Gasteiger partial charge is 0.386 e. The molecule has 1 fully saturated rings. The Balaban J connectivity index is 0.000000141. The third-order valence-electron chi connectivity index (χ3n) is 6.61. The highest BCUT2D eigenvalue weighted by Crippen LogP contribution is 2.36. The number of hydrogen-bond donors (Lipinski definition) is 0. The minimum atomic E-state index is -0.582. The van der Waals surface area contributed by atoms with Crippen molar-refractivity contribution >= 4 is 67.0 Å². The molecule has 0 saturated carbocycles. The average molecular weight is 560 g/mol. The van der Waals surface area contributed by atoms with E-state index in [9.17, 15) is 19.2 Å². The maximum atomic E-state index is 11.9. The molecule has 4 aromatic carbocycles. The van der Waals surface area contributed by atoms with Crippen molar-refractivity contribution in [1.29, 1.82) is 0 Å². The Morgan fingerprint density at radius 2 is 1.08 bits per heavy atom. The Morgan fingerprint density at radius 3 is 1.68 bits per heavy atom. The molecule has 3 aliphatic heterocycles. The van der Waals surface area contributed by atoms with Crippen molar-refractivity contribution in [2.45, 2.75) is 0 Å². The first kappa shape index (κ1) is 23.3. The first-order valence-electron chi connectivity index (χ1n) is 11.6. The van der Waals surface area contributed by atoms with Crippen molar-refractivity contribution in [3.63, 3.8) is 0 Å². The monoisotopic (exact) mass is 559 g/mol. The van der Waals surface area contributed by atoms with Crippen molar-refractivity contribution in [1.82, 2.24) is 0 Å². The molecule has 4 aromatic rings. The molecule has 8 nitrogen and oxygen atoms in total. The van der Waals surface area contributed by atoms with Crippen LogP contribution in [0.2, 0.25) is 0 Å². The normalized spacial score (nSPS) is 16.3. The van der Waals surface area contributed by atoms with Gasteiger partial charge in [-0.1, -0.05) is 40.2 Å². The number of hydrogen-bond acceptors (Lipinski definition) is 8. The summed E-state index contributed by atoms with van der Waals surface area (Å²) in [6.07, 6.45) is 0. The smallest absolute Gasteiger partial charge is 0.346 e. The highest BCUT2D eigenvalue weighted by molar-refractivity contribution is 9.10. The van der Waals surface area contributed by atoms with Crippen molar-refractivity contribution in [2.24, 2.45) is 0 Å². The van der Waals surface area contributed by atoms with Crippen LogP contribution in [0.3, 0.4) is 0 Å². The Bertz CT molecular complexity index is 1620. The van der Waals surface area contributed by atoms with Gasteiger partial charge in [0.05, 0.1) is 35.5 Å². The lowest BCUT2D eigenvalue weighted by Gasteiger charge is -2.30. The van der Waals surface area contributed by atoms with Crippen molar-refractivity contribution in [3.8, 4) is 0 Å². The van der Waals surface area contributed by atoms with E-state index in [1.54, 1.807) is 36.4 Å². The molecule has 0 N–H and O–H groups in total. The van der Waals surface area contributed by atoms with Crippen LogP contribution in [0.1, 0.15) is 41.4 Å². The summed E-state index contributed by atoms with van der Waals surface area (Å²) in [4.78, 5) is 49.1. The third-order valence-corrected chi connectivity index (χ3v) is 7.30. The van der Waals surface area contributed by atoms with Crippen LogP contribution in [-0.2, 0) is 14.2 Å². The first-order valence-corrected chi connectivity index (χ1v) is 12.4. The summed E-state index contributed by atoms with van der Waals surface area (Å²) in [5, 5.41) is 3.12. The number of cyclic esters (lactones) is 4. The van der Waals surface area contributed by atoms with Gasteiger partial charge in [-0.15, -0.1) is 0 Å². The Morgan fingerprint density at radius 1 is 0.595 bits per heavy atom. The van der Waals surface area contributed by atoms with Crippen molar-refractivity contribution < 1.29 is 33.4 Å². The lowest BCUT2D eigenvalue weighted by Crippen LogP contribution is -2.36. The summed E-state index contributed by atoms with van der Waals surface area (Å²) in [5.41, 5.74) is 2.82. The van der Waals surface area contributed by atoms with Gasteiger partial charge in [-0.05, 0) is 41.8 Å². The third kappa shape index (κ3) is 3.87. The summed E-state index contributed by atoms with van der Waals surface area (Å²) >= 11 is 3.39. The quantitative estimate of drug-likeness (QED) is 0.240. The van der Waals surface area contributed by atoms with Crippen molar-refractivity contribution in [2.75, 3.05) is 31.2 Å². The van der Waals surface area contributed by atoms with Crippen LogP contribution in [-0.4, -0.2) is 50.2 Å². The molecular formula is C28H18BrNO7. The molecule has 3 heterocycles. The van der Waals surface area contributed by atoms with E-state index in [-0.39, 0.29) is 0 Å². The molecule has 0 unspecified atom stereocenters. The molecule has 184 valence electrons. The minimum Gasteiger partial charge on any atom is -0.386 e. The van der Waals surface area contributed by atoms with Gasteiger partial charge in [-0.2, -0.15) is 0 Å². The molecule has 9 heteroatoms. The molecule has 0 bridgehead atoms.